The predicted molar refractivity (Wildman–Crippen MR) is 73.7 cm³/mol. The van der Waals surface area contributed by atoms with Crippen LogP contribution in [0.3, 0.4) is 0 Å². The van der Waals surface area contributed by atoms with E-state index < -0.39 is 22.7 Å². The summed E-state index contributed by atoms with van der Waals surface area (Å²) in [6.07, 6.45) is -3.38. The highest BCUT2D eigenvalue weighted by molar-refractivity contribution is 6.31. The van der Waals surface area contributed by atoms with Gasteiger partial charge in [0.25, 0.3) is 5.91 Å². The first-order chi connectivity index (χ1) is 9.77. The summed E-state index contributed by atoms with van der Waals surface area (Å²) in [7, 11) is 0. The van der Waals surface area contributed by atoms with Gasteiger partial charge in [0.15, 0.2) is 0 Å². The van der Waals surface area contributed by atoms with E-state index in [0.717, 1.165) is 12.1 Å². The van der Waals surface area contributed by atoms with Crippen molar-refractivity contribution in [1.29, 1.82) is 0 Å². The first kappa shape index (κ1) is 15.6. The normalized spacial score (nSPS) is 11.3. The number of pyridine rings is 1. The van der Waals surface area contributed by atoms with Crippen molar-refractivity contribution in [1.82, 2.24) is 4.98 Å². The van der Waals surface area contributed by atoms with Gasteiger partial charge in [-0.3, -0.25) is 4.79 Å². The van der Waals surface area contributed by atoms with Crippen molar-refractivity contribution in [2.24, 2.45) is 0 Å². The Morgan fingerprint density at radius 1 is 1.14 bits per heavy atom. The summed E-state index contributed by atoms with van der Waals surface area (Å²) in [5.74, 6) is -0.602. The molecule has 8 heteroatoms. The van der Waals surface area contributed by atoms with Crippen LogP contribution >= 0.6 is 23.2 Å². The first-order valence-electron chi connectivity index (χ1n) is 5.57. The van der Waals surface area contributed by atoms with Gasteiger partial charge in [-0.15, -0.1) is 0 Å². The minimum atomic E-state index is -4.60. The highest BCUT2D eigenvalue weighted by Gasteiger charge is 2.33. The summed E-state index contributed by atoms with van der Waals surface area (Å²) < 4.78 is 38.1. The highest BCUT2D eigenvalue weighted by atomic mass is 35.5. The Kier molecular flexibility index (Phi) is 4.39. The molecular formula is C13H7Cl2F3N2O. The van der Waals surface area contributed by atoms with Gasteiger partial charge in [-0.25, -0.2) is 4.98 Å². The van der Waals surface area contributed by atoms with Crippen LogP contribution in [0.25, 0.3) is 0 Å². The van der Waals surface area contributed by atoms with Gasteiger partial charge in [0, 0.05) is 11.9 Å². The number of rotatable bonds is 2. The van der Waals surface area contributed by atoms with Crippen LogP contribution in [0.5, 0.6) is 0 Å². The zero-order valence-electron chi connectivity index (χ0n) is 10.2. The van der Waals surface area contributed by atoms with E-state index in [9.17, 15) is 18.0 Å². The van der Waals surface area contributed by atoms with Gasteiger partial charge in [-0.05, 0) is 30.3 Å². The lowest BCUT2D eigenvalue weighted by molar-refractivity contribution is -0.137. The van der Waals surface area contributed by atoms with Gasteiger partial charge in [-0.1, -0.05) is 23.2 Å². The lowest BCUT2D eigenvalue weighted by Gasteiger charge is -2.11. The molecule has 1 aromatic heterocycles. The standard InChI is InChI=1S/C13H7Cl2F3N2O/c14-10-3-2-8(5-9(10)13(16,17)18)20-12(21)7-1-4-11(15)19-6-7/h1-6H,(H,20,21). The Labute approximate surface area is 127 Å². The van der Waals surface area contributed by atoms with Crippen LogP contribution in [0.1, 0.15) is 15.9 Å². The smallest absolute Gasteiger partial charge is 0.322 e. The lowest BCUT2D eigenvalue weighted by atomic mass is 10.2. The Morgan fingerprint density at radius 3 is 2.43 bits per heavy atom. The number of nitrogens with zero attached hydrogens (tertiary/aromatic N) is 1. The van der Waals surface area contributed by atoms with Crippen molar-refractivity contribution in [3.8, 4) is 0 Å². The predicted octanol–water partition coefficient (Wildman–Crippen LogP) is 4.66. The Bertz CT molecular complexity index is 672. The van der Waals surface area contributed by atoms with E-state index >= 15 is 0 Å². The third-order valence-electron chi connectivity index (χ3n) is 2.52. The molecule has 2 aromatic rings. The largest absolute Gasteiger partial charge is 0.417 e. The second kappa shape index (κ2) is 5.91. The second-order valence-corrected chi connectivity index (χ2v) is 4.81. The maximum absolute atomic E-state index is 12.7. The molecular weight excluding hydrogens is 328 g/mol. The summed E-state index contributed by atoms with van der Waals surface area (Å²) >= 11 is 11.1. The molecule has 0 aliphatic rings. The van der Waals surface area contributed by atoms with Crippen LogP contribution in [-0.4, -0.2) is 10.9 Å². The fourth-order valence-corrected chi connectivity index (χ4v) is 1.87. The van der Waals surface area contributed by atoms with Crippen molar-refractivity contribution in [3.63, 3.8) is 0 Å². The number of amides is 1. The van der Waals surface area contributed by atoms with Crippen LogP contribution in [0, 0.1) is 0 Å². The molecule has 1 N–H and O–H groups in total. The molecule has 110 valence electrons. The van der Waals surface area contributed by atoms with Gasteiger partial charge in [0.05, 0.1) is 16.1 Å². The van der Waals surface area contributed by atoms with E-state index in [1.807, 2.05) is 0 Å². The summed E-state index contributed by atoms with van der Waals surface area (Å²) in [6.45, 7) is 0. The zero-order valence-corrected chi connectivity index (χ0v) is 11.7. The summed E-state index contributed by atoms with van der Waals surface area (Å²) in [4.78, 5) is 15.6. The van der Waals surface area contributed by atoms with Crippen molar-refractivity contribution in [2.45, 2.75) is 6.18 Å². The molecule has 0 spiro atoms. The molecule has 2 rings (SSSR count). The second-order valence-electron chi connectivity index (χ2n) is 4.02. The van der Waals surface area contributed by atoms with E-state index in [1.165, 1.54) is 24.4 Å². The number of aromatic nitrogens is 1. The third kappa shape index (κ3) is 3.86. The molecule has 0 saturated carbocycles. The molecule has 0 saturated heterocycles. The van der Waals surface area contributed by atoms with Gasteiger partial charge >= 0.3 is 6.18 Å². The van der Waals surface area contributed by atoms with Crippen LogP contribution in [0.2, 0.25) is 10.2 Å². The SMILES string of the molecule is O=C(Nc1ccc(Cl)c(C(F)(F)F)c1)c1ccc(Cl)nc1. The molecule has 0 fully saturated rings. The van der Waals surface area contributed by atoms with Crippen LogP contribution in [0.4, 0.5) is 18.9 Å². The van der Waals surface area contributed by atoms with Gasteiger partial charge in [-0.2, -0.15) is 13.2 Å². The fraction of sp³-hybridized carbons (Fsp3) is 0.0769. The molecule has 1 amide bonds. The molecule has 1 heterocycles. The van der Waals surface area contributed by atoms with Crippen molar-refractivity contribution in [3.05, 3.63) is 57.8 Å². The van der Waals surface area contributed by atoms with Crippen LogP contribution in [0.15, 0.2) is 36.5 Å². The maximum atomic E-state index is 12.7. The number of benzene rings is 1. The van der Waals surface area contributed by atoms with Gasteiger partial charge in [0.1, 0.15) is 5.15 Å². The minimum Gasteiger partial charge on any atom is -0.322 e. The number of hydrogen-bond donors (Lipinski definition) is 1. The molecule has 3 nitrogen and oxygen atoms in total. The van der Waals surface area contributed by atoms with E-state index in [4.69, 9.17) is 23.2 Å². The monoisotopic (exact) mass is 334 g/mol. The summed E-state index contributed by atoms with van der Waals surface area (Å²) in [6, 6.07) is 5.92. The molecule has 0 bridgehead atoms. The van der Waals surface area contributed by atoms with E-state index in [0.29, 0.717) is 0 Å². The van der Waals surface area contributed by atoms with E-state index in [-0.39, 0.29) is 16.4 Å². The first-order valence-corrected chi connectivity index (χ1v) is 6.32. The molecule has 1 aromatic carbocycles. The zero-order chi connectivity index (χ0) is 15.6. The quantitative estimate of drug-likeness (QED) is 0.811. The van der Waals surface area contributed by atoms with E-state index in [2.05, 4.69) is 10.3 Å². The number of anilines is 1. The van der Waals surface area contributed by atoms with Crippen molar-refractivity contribution in [2.75, 3.05) is 5.32 Å². The lowest BCUT2D eigenvalue weighted by Crippen LogP contribution is -2.13. The molecule has 0 radical (unpaired) electrons. The maximum Gasteiger partial charge on any atom is 0.417 e. The number of nitrogens with one attached hydrogen (secondary N) is 1. The van der Waals surface area contributed by atoms with Crippen molar-refractivity contribution < 1.29 is 18.0 Å². The summed E-state index contributed by atoms with van der Waals surface area (Å²) in [5.41, 5.74) is -0.870. The molecule has 21 heavy (non-hydrogen) atoms. The average Bonchev–Trinajstić information content (AvgIpc) is 2.40. The molecule has 0 atom stereocenters. The third-order valence-corrected chi connectivity index (χ3v) is 3.07. The van der Waals surface area contributed by atoms with Crippen LogP contribution in [-0.2, 0) is 6.18 Å². The number of halogens is 5. The average molecular weight is 335 g/mol. The fourth-order valence-electron chi connectivity index (χ4n) is 1.53. The highest BCUT2D eigenvalue weighted by Crippen LogP contribution is 2.36. The molecule has 0 aliphatic carbocycles. The van der Waals surface area contributed by atoms with E-state index in [1.54, 1.807) is 0 Å². The molecule has 0 unspecified atom stereocenters. The number of alkyl halides is 3. The number of carbonyl (C=O) groups excluding carboxylic acids is 1. The number of hydrogen-bond acceptors (Lipinski definition) is 2. The van der Waals surface area contributed by atoms with Gasteiger partial charge in [0.2, 0.25) is 0 Å². The van der Waals surface area contributed by atoms with Crippen LogP contribution < -0.4 is 5.32 Å². The molecule has 0 aliphatic heterocycles. The Hall–Kier alpha value is -1.79. The minimum absolute atomic E-state index is 0.0216. The summed E-state index contributed by atoms with van der Waals surface area (Å²) in [5, 5.41) is 2.11. The van der Waals surface area contributed by atoms with Crippen molar-refractivity contribution >= 4 is 34.8 Å². The van der Waals surface area contributed by atoms with Gasteiger partial charge < -0.3 is 5.32 Å². The Balaban J connectivity index is 2.24. The Morgan fingerprint density at radius 2 is 1.86 bits per heavy atom. The number of carbonyl (C=O) groups is 1. The topological polar surface area (TPSA) is 42.0 Å².